The second-order valence-corrected chi connectivity index (χ2v) is 8.70. The molecule has 4 rings (SSSR count). The maximum absolute atomic E-state index is 8.87. The Bertz CT molecular complexity index is 916. The average Bonchev–Trinajstić information content (AvgIpc) is 2.83. The molecule has 0 aliphatic carbocycles. The number of piperidine rings is 1. The van der Waals surface area contributed by atoms with E-state index in [-0.39, 0.29) is 6.61 Å². The third-order valence-corrected chi connectivity index (χ3v) is 6.16. The van der Waals surface area contributed by atoms with Gasteiger partial charge in [-0.1, -0.05) is 39.7 Å². The summed E-state index contributed by atoms with van der Waals surface area (Å²) in [6.07, 6.45) is 5.16. The lowest BCUT2D eigenvalue weighted by molar-refractivity contribution is 0.266. The molecule has 2 unspecified atom stereocenters. The van der Waals surface area contributed by atoms with Crippen LogP contribution in [0.4, 0.5) is 0 Å². The van der Waals surface area contributed by atoms with Crippen LogP contribution in [0.2, 0.25) is 0 Å². The average molecular weight is 458 g/mol. The van der Waals surface area contributed by atoms with Crippen molar-refractivity contribution in [2.45, 2.75) is 31.8 Å². The van der Waals surface area contributed by atoms with Crippen molar-refractivity contribution >= 4 is 29.8 Å². The zero-order valence-corrected chi connectivity index (χ0v) is 20.1. The van der Waals surface area contributed by atoms with E-state index in [4.69, 9.17) is 14.4 Å². The van der Waals surface area contributed by atoms with Crippen LogP contribution in [0, 0.1) is 0 Å². The number of hydrogen-bond acceptors (Lipinski definition) is 5. The van der Waals surface area contributed by atoms with Gasteiger partial charge in [0.25, 0.3) is 0 Å². The number of ether oxygens (including phenoxy) is 1. The van der Waals surface area contributed by atoms with Gasteiger partial charge < -0.3 is 14.4 Å². The van der Waals surface area contributed by atoms with E-state index >= 15 is 0 Å². The van der Waals surface area contributed by atoms with Crippen LogP contribution in [0.1, 0.15) is 36.3 Å². The molecule has 1 aliphatic heterocycles. The number of nitrogens with zero attached hydrogens (tertiary/aromatic N) is 2. The zero-order valence-electron chi connectivity index (χ0n) is 17.8. The maximum atomic E-state index is 8.87. The van der Waals surface area contributed by atoms with Crippen LogP contribution in [0.25, 0.3) is 10.9 Å². The molecule has 7 heteroatoms. The Morgan fingerprint density at radius 2 is 1.81 bits per heavy atom. The minimum atomic E-state index is 0.0759. The third-order valence-electron chi connectivity index (χ3n) is 5.41. The van der Waals surface area contributed by atoms with E-state index in [1.807, 2.05) is 30.3 Å². The smallest absolute Gasteiger partial charge is 0.119 e. The summed E-state index contributed by atoms with van der Waals surface area (Å²) < 4.78 is 12.9. The summed E-state index contributed by atoms with van der Waals surface area (Å²) in [5.74, 6) is 1.66. The van der Waals surface area contributed by atoms with E-state index in [1.54, 1.807) is 6.20 Å². The van der Waals surface area contributed by atoms with Gasteiger partial charge in [-0.2, -0.15) is 0 Å². The van der Waals surface area contributed by atoms with E-state index in [1.165, 1.54) is 31.5 Å². The highest BCUT2D eigenvalue weighted by Gasteiger charge is 2.18. The van der Waals surface area contributed by atoms with Gasteiger partial charge in [-0.3, -0.25) is 9.65 Å². The molecule has 0 saturated carbocycles. The van der Waals surface area contributed by atoms with Crippen LogP contribution in [-0.2, 0) is 11.1 Å². The van der Waals surface area contributed by atoms with Gasteiger partial charge in [-0.15, -0.1) is 0 Å². The monoisotopic (exact) mass is 458 g/mol. The van der Waals surface area contributed by atoms with Crippen molar-refractivity contribution in [3.8, 4) is 5.75 Å². The number of hydrogen-bond donors (Lipinski definition) is 1. The second-order valence-electron chi connectivity index (χ2n) is 7.64. The van der Waals surface area contributed by atoms with Crippen LogP contribution in [0.3, 0.4) is 0 Å². The summed E-state index contributed by atoms with van der Waals surface area (Å²) in [5.41, 5.74) is 3.28. The molecular formula is C24H32N2O3P2. The molecule has 31 heavy (non-hydrogen) atoms. The van der Waals surface area contributed by atoms with E-state index < -0.39 is 0 Å². The zero-order chi connectivity index (χ0) is 21.9. The van der Waals surface area contributed by atoms with E-state index in [2.05, 4.69) is 52.8 Å². The Hall–Kier alpha value is -1.61. The maximum Gasteiger partial charge on any atom is 0.119 e. The molecule has 0 amide bonds. The molecule has 1 saturated heterocycles. The highest BCUT2D eigenvalue weighted by molar-refractivity contribution is 7.13. The fourth-order valence-corrected chi connectivity index (χ4v) is 4.08. The lowest BCUT2D eigenvalue weighted by Gasteiger charge is -2.29. The molecule has 2 heterocycles. The first-order valence-corrected chi connectivity index (χ1v) is 11.7. The number of pyridine rings is 1. The second kappa shape index (κ2) is 13.1. The molecule has 5 nitrogen and oxygen atoms in total. The summed E-state index contributed by atoms with van der Waals surface area (Å²) in [5, 5.41) is 9.98. The first kappa shape index (κ1) is 24.0. The lowest BCUT2D eigenvalue weighted by atomic mass is 9.90. The Morgan fingerprint density at radius 3 is 2.52 bits per heavy atom. The molecule has 2 aromatic carbocycles. The van der Waals surface area contributed by atoms with Gasteiger partial charge in [0.1, 0.15) is 5.75 Å². The topological polar surface area (TPSA) is 54.8 Å². The first-order valence-electron chi connectivity index (χ1n) is 10.7. The van der Waals surface area contributed by atoms with Gasteiger partial charge in [0.2, 0.25) is 0 Å². The highest BCUT2D eigenvalue weighted by Crippen LogP contribution is 2.30. The van der Waals surface area contributed by atoms with E-state index in [0.717, 1.165) is 35.2 Å². The predicted molar refractivity (Wildman–Crippen MR) is 133 cm³/mol. The molecule has 1 fully saturated rings. The Labute approximate surface area is 189 Å². The summed E-state index contributed by atoms with van der Waals surface area (Å²) in [7, 11) is 5.05. The Morgan fingerprint density at radius 1 is 1.03 bits per heavy atom. The molecule has 1 aliphatic rings. The lowest BCUT2D eigenvalue weighted by Crippen LogP contribution is -2.24. The normalized spacial score (nSPS) is 14.8. The summed E-state index contributed by atoms with van der Waals surface area (Å²) in [6.45, 7) is 3.84. The van der Waals surface area contributed by atoms with Crippen LogP contribution in [0.15, 0.2) is 60.8 Å². The van der Waals surface area contributed by atoms with Gasteiger partial charge in [-0.25, -0.2) is 0 Å². The number of aliphatic hydroxyl groups is 1. The van der Waals surface area contributed by atoms with Crippen LogP contribution in [0.5, 0.6) is 5.75 Å². The molecule has 0 bridgehead atoms. The van der Waals surface area contributed by atoms with Crippen LogP contribution < -0.4 is 4.74 Å². The number of aliphatic hydroxyl groups excluding tert-OH is 1. The predicted octanol–water partition coefficient (Wildman–Crippen LogP) is 4.96. The molecule has 0 radical (unpaired) electrons. The number of aromatic nitrogens is 1. The fraction of sp³-hybridized carbons (Fsp3) is 0.375. The van der Waals surface area contributed by atoms with E-state index in [9.17, 15) is 0 Å². The largest absolute Gasteiger partial charge is 0.494 e. The molecule has 0 spiro atoms. The standard InChI is InChI=1S/C14H23NO2P2.C10H9NO/c18-15-8-6-13(7-9-15)12-2-4-14(5-3-12)16-10-1-11-17-19;12-7-8-3-4-9-2-1-5-11-10(9)6-8/h2-5,13H,1,6-11,18-19H2;1-6,12H,7H2. The molecule has 1 aromatic heterocycles. The van der Waals surface area contributed by atoms with Gasteiger partial charge >= 0.3 is 0 Å². The van der Waals surface area contributed by atoms with Crippen molar-refractivity contribution in [3.05, 3.63) is 71.9 Å². The SMILES string of the molecule is OCc1ccc2cccnc2c1.POCCCOc1ccc(C2CCN(P)CC2)cc1. The minimum Gasteiger partial charge on any atom is -0.494 e. The number of rotatable bonds is 7. The minimum absolute atomic E-state index is 0.0759. The highest BCUT2D eigenvalue weighted by atomic mass is 31.0. The fourth-order valence-electron chi connectivity index (χ4n) is 3.61. The van der Waals surface area contributed by atoms with Crippen molar-refractivity contribution < 1.29 is 14.4 Å². The van der Waals surface area contributed by atoms with Crippen LogP contribution >= 0.6 is 18.9 Å². The summed E-state index contributed by atoms with van der Waals surface area (Å²) in [4.78, 5) is 4.18. The summed E-state index contributed by atoms with van der Waals surface area (Å²) >= 11 is 0. The molecular weight excluding hydrogens is 426 g/mol. The van der Waals surface area contributed by atoms with Crippen molar-refractivity contribution in [1.29, 1.82) is 0 Å². The quantitative estimate of drug-likeness (QED) is 0.401. The third kappa shape index (κ3) is 7.79. The number of benzene rings is 2. The van der Waals surface area contributed by atoms with Gasteiger partial charge in [0, 0.05) is 40.6 Å². The Balaban J connectivity index is 0.000000194. The van der Waals surface area contributed by atoms with Crippen molar-refractivity contribution in [3.63, 3.8) is 0 Å². The first-order chi connectivity index (χ1) is 15.2. The van der Waals surface area contributed by atoms with Crippen molar-refractivity contribution in [2.24, 2.45) is 0 Å². The molecule has 2 atom stereocenters. The van der Waals surface area contributed by atoms with Crippen molar-refractivity contribution in [2.75, 3.05) is 26.3 Å². The number of fused-ring (bicyclic) bond motifs is 1. The molecule has 3 aromatic rings. The van der Waals surface area contributed by atoms with Crippen molar-refractivity contribution in [1.82, 2.24) is 9.65 Å². The summed E-state index contributed by atoms with van der Waals surface area (Å²) in [6, 6.07) is 18.3. The molecule has 166 valence electrons. The van der Waals surface area contributed by atoms with Gasteiger partial charge in [-0.05, 0) is 54.2 Å². The van der Waals surface area contributed by atoms with Crippen LogP contribution in [-0.4, -0.2) is 41.1 Å². The van der Waals surface area contributed by atoms with E-state index in [0.29, 0.717) is 12.5 Å². The Kier molecular flexibility index (Phi) is 10.1. The van der Waals surface area contributed by atoms with Gasteiger partial charge in [0.05, 0.1) is 25.3 Å². The molecule has 1 N–H and O–H groups in total. The van der Waals surface area contributed by atoms with Gasteiger partial charge in [0.15, 0.2) is 0 Å².